The molecule has 0 saturated heterocycles. The van der Waals surface area contributed by atoms with Crippen molar-refractivity contribution in [1.82, 2.24) is 14.9 Å². The van der Waals surface area contributed by atoms with Gasteiger partial charge in [-0.3, -0.25) is 4.79 Å². The number of imidazole rings is 1. The largest absolute Gasteiger partial charge is 0.467 e. The van der Waals surface area contributed by atoms with E-state index in [1.807, 2.05) is 43.7 Å². The van der Waals surface area contributed by atoms with E-state index in [-0.39, 0.29) is 11.8 Å². The number of anilines is 1. The number of amides is 1. The Balaban J connectivity index is 2.08. The first-order chi connectivity index (χ1) is 15.7. The minimum Gasteiger partial charge on any atom is -0.467 e. The highest BCUT2D eigenvalue weighted by Crippen LogP contribution is 2.23. The van der Waals surface area contributed by atoms with Crippen molar-refractivity contribution < 1.29 is 14.3 Å². The van der Waals surface area contributed by atoms with Crippen molar-refractivity contribution in [3.05, 3.63) is 24.0 Å². The van der Waals surface area contributed by atoms with Crippen LogP contribution < -0.4 is 16.0 Å². The highest BCUT2D eigenvalue weighted by Gasteiger charge is 2.25. The van der Waals surface area contributed by atoms with Crippen molar-refractivity contribution in [2.24, 2.45) is 18.7 Å². The van der Waals surface area contributed by atoms with Gasteiger partial charge in [-0.1, -0.05) is 13.8 Å². The molecule has 184 valence electrons. The van der Waals surface area contributed by atoms with E-state index in [1.54, 1.807) is 0 Å². The fraction of sp³-hybridized carbons (Fsp3) is 0.609. The second-order valence-electron chi connectivity index (χ2n) is 8.48. The molecule has 1 aromatic carbocycles. The number of aromatic nitrogens is 2. The summed E-state index contributed by atoms with van der Waals surface area (Å²) in [5, 5.41) is 2.73. The fourth-order valence-electron chi connectivity index (χ4n) is 3.75. The molecule has 0 aliphatic rings. The normalized spacial score (nSPS) is 13.2. The van der Waals surface area contributed by atoms with Gasteiger partial charge in [0.25, 0.3) is 0 Å². The number of hydrogen-bond acceptors (Lipinski definition) is 6. The summed E-state index contributed by atoms with van der Waals surface area (Å²) >= 11 is 11.9. The number of hydrogen-bond donors (Lipinski definition) is 2. The number of aryl methyl sites for hydroxylation is 2. The van der Waals surface area contributed by atoms with E-state index in [0.717, 1.165) is 22.5 Å². The number of fused-ring (bicyclic) bond motifs is 1. The predicted molar refractivity (Wildman–Crippen MR) is 134 cm³/mol. The van der Waals surface area contributed by atoms with E-state index in [1.165, 1.54) is 7.11 Å². The summed E-state index contributed by atoms with van der Waals surface area (Å²) in [4.78, 5) is 31.4. The summed E-state index contributed by atoms with van der Waals surface area (Å²) in [6, 6.07) is 4.62. The molecule has 0 fully saturated rings. The third-order valence-electron chi connectivity index (χ3n) is 5.56. The molecular weight excluding hydrogens is 465 g/mol. The number of methoxy groups -OCH3 is 1. The molecule has 2 rings (SSSR count). The van der Waals surface area contributed by atoms with Crippen molar-refractivity contribution in [3.8, 4) is 0 Å². The number of ether oxygens (including phenoxy) is 1. The van der Waals surface area contributed by atoms with Crippen LogP contribution in [0.1, 0.15) is 32.5 Å². The second-order valence-corrected chi connectivity index (χ2v) is 9.24. The molecule has 1 heterocycles. The van der Waals surface area contributed by atoms with Crippen LogP contribution in [0.15, 0.2) is 18.2 Å². The molecule has 0 saturated carbocycles. The predicted octanol–water partition coefficient (Wildman–Crippen LogP) is 2.82. The summed E-state index contributed by atoms with van der Waals surface area (Å²) in [6.45, 7) is 5.35. The average molecular weight is 500 g/mol. The lowest BCUT2D eigenvalue weighted by molar-refractivity contribution is -0.145. The van der Waals surface area contributed by atoms with Gasteiger partial charge >= 0.3 is 5.97 Å². The van der Waals surface area contributed by atoms with Crippen LogP contribution in [0.4, 0.5) is 5.69 Å². The minimum absolute atomic E-state index is 0.223. The Morgan fingerprint density at radius 2 is 1.91 bits per heavy atom. The van der Waals surface area contributed by atoms with Crippen LogP contribution in [-0.4, -0.2) is 65.5 Å². The van der Waals surface area contributed by atoms with Crippen LogP contribution in [0.5, 0.6) is 0 Å². The van der Waals surface area contributed by atoms with E-state index in [0.29, 0.717) is 44.1 Å². The maximum Gasteiger partial charge on any atom is 0.328 e. The zero-order valence-electron chi connectivity index (χ0n) is 19.8. The Morgan fingerprint density at radius 3 is 2.48 bits per heavy atom. The number of benzene rings is 1. The Morgan fingerprint density at radius 1 is 1.24 bits per heavy atom. The van der Waals surface area contributed by atoms with Gasteiger partial charge in [-0.25, -0.2) is 9.78 Å². The van der Waals surface area contributed by atoms with E-state index in [9.17, 15) is 9.59 Å². The Labute approximate surface area is 205 Å². The van der Waals surface area contributed by atoms with Crippen LogP contribution in [-0.2, 0) is 27.8 Å². The maximum absolute atomic E-state index is 12.6. The number of carbonyl (C=O) groups is 2. The molecule has 0 aliphatic heterocycles. The zero-order valence-corrected chi connectivity index (χ0v) is 21.3. The lowest BCUT2D eigenvalue weighted by Crippen LogP contribution is -2.49. The molecular formula is C23H35Cl2N5O3. The number of halogens is 2. The summed E-state index contributed by atoms with van der Waals surface area (Å²) in [6.07, 6.45) is 1.41. The minimum atomic E-state index is -0.761. The van der Waals surface area contributed by atoms with Crippen molar-refractivity contribution in [3.63, 3.8) is 0 Å². The second kappa shape index (κ2) is 13.0. The number of esters is 1. The first-order valence-corrected chi connectivity index (χ1v) is 12.2. The summed E-state index contributed by atoms with van der Waals surface area (Å²) in [5.41, 5.74) is 9.00. The Kier molecular flexibility index (Phi) is 10.7. The molecule has 10 heteroatoms. The maximum atomic E-state index is 12.6. The van der Waals surface area contributed by atoms with Gasteiger partial charge in [-0.2, -0.15) is 0 Å². The third kappa shape index (κ3) is 7.48. The van der Waals surface area contributed by atoms with Gasteiger partial charge in [0.1, 0.15) is 11.9 Å². The molecule has 0 aliphatic carbocycles. The highest BCUT2D eigenvalue weighted by atomic mass is 35.5. The summed E-state index contributed by atoms with van der Waals surface area (Å²) in [7, 11) is 3.25. The van der Waals surface area contributed by atoms with E-state index < -0.39 is 18.1 Å². The number of nitrogens with one attached hydrogen (secondary N) is 1. The monoisotopic (exact) mass is 499 g/mol. The van der Waals surface area contributed by atoms with Gasteiger partial charge in [0.15, 0.2) is 0 Å². The number of nitrogens with two attached hydrogens (primary N) is 1. The van der Waals surface area contributed by atoms with Gasteiger partial charge in [-0.15, -0.1) is 23.2 Å². The lowest BCUT2D eigenvalue weighted by atomic mass is 10.0. The molecule has 2 aromatic rings. The number of nitrogens with zero attached hydrogens (tertiary/aromatic N) is 3. The van der Waals surface area contributed by atoms with Gasteiger partial charge in [-0.05, 0) is 37.0 Å². The van der Waals surface area contributed by atoms with E-state index in [4.69, 9.17) is 38.7 Å². The van der Waals surface area contributed by atoms with Crippen LogP contribution in [0.2, 0.25) is 0 Å². The molecule has 33 heavy (non-hydrogen) atoms. The molecule has 2 atom stereocenters. The first kappa shape index (κ1) is 27.2. The molecule has 0 bridgehead atoms. The van der Waals surface area contributed by atoms with Gasteiger partial charge in [0.2, 0.25) is 5.91 Å². The van der Waals surface area contributed by atoms with Crippen molar-refractivity contribution in [2.45, 2.75) is 45.2 Å². The molecule has 0 spiro atoms. The van der Waals surface area contributed by atoms with Crippen LogP contribution in [0.25, 0.3) is 11.0 Å². The van der Waals surface area contributed by atoms with Crippen LogP contribution in [0.3, 0.4) is 0 Å². The number of rotatable bonds is 13. The SMILES string of the molecule is COC(=O)C(CC(C)C)NC(=O)C(N)CCc1nc2cc(N(CCCl)CCCl)ccc2n1C. The van der Waals surface area contributed by atoms with Gasteiger partial charge in [0, 0.05) is 44.0 Å². The summed E-state index contributed by atoms with van der Waals surface area (Å²) in [5.74, 6) is 1.24. The molecule has 2 unspecified atom stereocenters. The van der Waals surface area contributed by atoms with Crippen molar-refractivity contribution >= 4 is 51.8 Å². The number of carbonyl (C=O) groups excluding carboxylic acids is 2. The smallest absolute Gasteiger partial charge is 0.328 e. The average Bonchev–Trinajstić information content (AvgIpc) is 3.10. The Bertz CT molecular complexity index is 928. The molecule has 1 aromatic heterocycles. The van der Waals surface area contributed by atoms with E-state index >= 15 is 0 Å². The summed E-state index contributed by atoms with van der Waals surface area (Å²) < 4.78 is 6.81. The molecule has 3 N–H and O–H groups in total. The lowest BCUT2D eigenvalue weighted by Gasteiger charge is -2.22. The van der Waals surface area contributed by atoms with Gasteiger partial charge < -0.3 is 25.3 Å². The third-order valence-corrected chi connectivity index (χ3v) is 5.89. The van der Waals surface area contributed by atoms with Crippen molar-refractivity contribution in [1.29, 1.82) is 0 Å². The fourth-order valence-corrected chi connectivity index (χ4v) is 4.16. The van der Waals surface area contributed by atoms with Crippen LogP contribution >= 0.6 is 23.2 Å². The quantitative estimate of drug-likeness (QED) is 0.324. The molecule has 1 amide bonds. The Hall–Kier alpha value is -2.03. The number of alkyl halides is 2. The topological polar surface area (TPSA) is 102 Å². The first-order valence-electron chi connectivity index (χ1n) is 11.2. The highest BCUT2D eigenvalue weighted by molar-refractivity contribution is 6.18. The van der Waals surface area contributed by atoms with E-state index in [2.05, 4.69) is 10.2 Å². The van der Waals surface area contributed by atoms with Crippen molar-refractivity contribution in [2.75, 3.05) is 36.9 Å². The molecule has 0 radical (unpaired) electrons. The molecule has 8 nitrogen and oxygen atoms in total. The standard InChI is InChI=1S/C23H35Cl2N5O3/c1-15(2)13-19(23(32)33-4)28-22(31)17(26)6-8-21-27-18-14-16(5-7-20(18)29(21)3)30(11-9-24)12-10-25/h5,7,14-15,17,19H,6,8-13,26H2,1-4H3,(H,28,31). The zero-order chi connectivity index (χ0) is 24.5. The van der Waals surface area contributed by atoms with Gasteiger partial charge in [0.05, 0.1) is 24.2 Å². The van der Waals surface area contributed by atoms with Crippen LogP contribution in [0, 0.1) is 5.92 Å².